The molecule has 0 saturated carbocycles. The molecule has 0 saturated heterocycles. The van der Waals surface area contributed by atoms with Crippen LogP contribution < -0.4 is 0 Å². The van der Waals surface area contributed by atoms with E-state index in [1.165, 1.54) is 29.7 Å². The maximum Gasteiger partial charge on any atom is 0.0136 e. The Morgan fingerprint density at radius 1 is 1.17 bits per heavy atom. The Morgan fingerprint density at radius 3 is 2.67 bits per heavy atom. The molecule has 0 fully saturated rings. The molecule has 12 heavy (non-hydrogen) atoms. The predicted molar refractivity (Wildman–Crippen MR) is 55.0 cm³/mol. The van der Waals surface area contributed by atoms with Crippen LogP contribution in [0, 0.1) is 13.8 Å². The zero-order chi connectivity index (χ0) is 8.55. The summed E-state index contributed by atoms with van der Waals surface area (Å²) < 4.78 is 0. The van der Waals surface area contributed by atoms with Crippen molar-refractivity contribution in [1.82, 2.24) is 0 Å². The third kappa shape index (κ3) is 1.27. The molecule has 1 aliphatic heterocycles. The topological polar surface area (TPSA) is 0 Å². The first kappa shape index (κ1) is 8.18. The number of hydrogen-bond acceptors (Lipinski definition) is 1. The molecule has 0 amide bonds. The molecule has 0 aromatic heterocycles. The normalized spacial score (nSPS) is 15.8. The number of rotatable bonds is 0. The average molecular weight is 178 g/mol. The van der Waals surface area contributed by atoms with Gasteiger partial charge in [-0.15, -0.1) is 11.8 Å². The third-order valence-electron chi connectivity index (χ3n) is 2.51. The van der Waals surface area contributed by atoms with Gasteiger partial charge in [-0.2, -0.15) is 0 Å². The molecule has 1 aromatic rings. The van der Waals surface area contributed by atoms with Crippen LogP contribution >= 0.6 is 11.8 Å². The number of aryl methyl sites for hydroxylation is 2. The molecule has 0 unspecified atom stereocenters. The molecule has 0 bridgehead atoms. The van der Waals surface area contributed by atoms with Crippen LogP contribution in [0.25, 0.3) is 0 Å². The lowest BCUT2D eigenvalue weighted by atomic mass is 10.0. The third-order valence-corrected chi connectivity index (χ3v) is 3.86. The van der Waals surface area contributed by atoms with Gasteiger partial charge in [-0.25, -0.2) is 0 Å². The van der Waals surface area contributed by atoms with E-state index >= 15 is 0 Å². The zero-order valence-corrected chi connectivity index (χ0v) is 8.50. The molecule has 1 aliphatic rings. The second kappa shape index (κ2) is 3.14. The summed E-state index contributed by atoms with van der Waals surface area (Å²) in [4.78, 5) is 1.56. The van der Waals surface area contributed by atoms with Gasteiger partial charge in [-0.1, -0.05) is 12.1 Å². The minimum atomic E-state index is 1.29. The highest BCUT2D eigenvalue weighted by Gasteiger charge is 2.13. The lowest BCUT2D eigenvalue weighted by molar-refractivity contribution is 0.872. The highest BCUT2D eigenvalue weighted by atomic mass is 32.2. The minimum absolute atomic E-state index is 1.29. The Bertz CT molecular complexity index is 271. The van der Waals surface area contributed by atoms with Gasteiger partial charge in [0.2, 0.25) is 0 Å². The molecule has 0 nitrogen and oxygen atoms in total. The summed E-state index contributed by atoms with van der Waals surface area (Å²) in [6, 6.07) is 4.49. The van der Waals surface area contributed by atoms with Crippen molar-refractivity contribution in [3.05, 3.63) is 28.8 Å². The van der Waals surface area contributed by atoms with Gasteiger partial charge in [0.1, 0.15) is 0 Å². The second-order valence-electron chi connectivity index (χ2n) is 3.46. The Kier molecular flexibility index (Phi) is 2.14. The molecule has 64 valence electrons. The van der Waals surface area contributed by atoms with Crippen molar-refractivity contribution in [2.75, 3.05) is 5.75 Å². The van der Waals surface area contributed by atoms with Crippen LogP contribution in [0.15, 0.2) is 17.0 Å². The van der Waals surface area contributed by atoms with Gasteiger partial charge < -0.3 is 0 Å². The first-order chi connectivity index (χ1) is 5.79. The SMILES string of the molecule is Cc1ccc(C)c2c1CCCS2. The van der Waals surface area contributed by atoms with Crippen molar-refractivity contribution >= 4 is 11.8 Å². The largest absolute Gasteiger partial charge is 0.126 e. The first-order valence-electron chi connectivity index (χ1n) is 4.51. The van der Waals surface area contributed by atoms with Crippen molar-refractivity contribution in [3.8, 4) is 0 Å². The van der Waals surface area contributed by atoms with Crippen molar-refractivity contribution in [2.45, 2.75) is 31.6 Å². The Labute approximate surface area is 78.4 Å². The minimum Gasteiger partial charge on any atom is -0.126 e. The molecule has 0 atom stereocenters. The maximum absolute atomic E-state index is 2.25. The van der Waals surface area contributed by atoms with Crippen molar-refractivity contribution < 1.29 is 0 Å². The lowest BCUT2D eigenvalue weighted by Gasteiger charge is -2.19. The molecule has 2 rings (SSSR count). The zero-order valence-electron chi connectivity index (χ0n) is 7.68. The fourth-order valence-corrected chi connectivity index (χ4v) is 3.00. The average Bonchev–Trinajstić information content (AvgIpc) is 2.12. The molecule has 0 radical (unpaired) electrons. The van der Waals surface area contributed by atoms with Crippen molar-refractivity contribution in [1.29, 1.82) is 0 Å². The summed E-state index contributed by atoms with van der Waals surface area (Å²) in [5.41, 5.74) is 4.54. The maximum atomic E-state index is 2.25. The van der Waals surface area contributed by atoms with Crippen molar-refractivity contribution in [3.63, 3.8) is 0 Å². The fraction of sp³-hybridized carbons (Fsp3) is 0.455. The smallest absolute Gasteiger partial charge is 0.0136 e. The number of hydrogen-bond donors (Lipinski definition) is 0. The standard InChI is InChI=1S/C11H14S/c1-8-5-6-9(2)11-10(8)4-3-7-12-11/h5-6H,3-4,7H2,1-2H3. The molecule has 0 N–H and O–H groups in total. The van der Waals surface area contributed by atoms with E-state index in [4.69, 9.17) is 0 Å². The van der Waals surface area contributed by atoms with Gasteiger partial charge in [-0.05, 0) is 49.1 Å². The second-order valence-corrected chi connectivity index (χ2v) is 4.56. The Balaban J connectivity index is 2.57. The monoisotopic (exact) mass is 178 g/mol. The summed E-state index contributed by atoms with van der Waals surface area (Å²) in [6.45, 7) is 4.45. The predicted octanol–water partition coefficient (Wildman–Crippen LogP) is 3.34. The number of benzene rings is 1. The van der Waals surface area contributed by atoms with Gasteiger partial charge in [0.25, 0.3) is 0 Å². The van der Waals surface area contributed by atoms with E-state index in [9.17, 15) is 0 Å². The quantitative estimate of drug-likeness (QED) is 0.587. The molecule has 1 heterocycles. The highest BCUT2D eigenvalue weighted by molar-refractivity contribution is 7.99. The highest BCUT2D eigenvalue weighted by Crippen LogP contribution is 2.34. The van der Waals surface area contributed by atoms with Crippen LogP contribution in [0.3, 0.4) is 0 Å². The Morgan fingerprint density at radius 2 is 1.92 bits per heavy atom. The van der Waals surface area contributed by atoms with Gasteiger partial charge in [0, 0.05) is 4.90 Å². The summed E-state index contributed by atoms with van der Waals surface area (Å²) in [5.74, 6) is 1.30. The molecule has 0 aliphatic carbocycles. The number of fused-ring (bicyclic) bond motifs is 1. The van der Waals surface area contributed by atoms with E-state index in [1.807, 2.05) is 11.8 Å². The van der Waals surface area contributed by atoms with E-state index in [0.717, 1.165) is 0 Å². The van der Waals surface area contributed by atoms with Gasteiger partial charge >= 0.3 is 0 Å². The molecular weight excluding hydrogens is 164 g/mol. The van der Waals surface area contributed by atoms with E-state index in [1.54, 1.807) is 10.5 Å². The molecule has 0 spiro atoms. The number of thioether (sulfide) groups is 1. The van der Waals surface area contributed by atoms with Gasteiger partial charge in [0.15, 0.2) is 0 Å². The lowest BCUT2D eigenvalue weighted by Crippen LogP contribution is -2.02. The summed E-state index contributed by atoms with van der Waals surface area (Å²) in [6.07, 6.45) is 2.64. The summed E-state index contributed by atoms with van der Waals surface area (Å²) in [7, 11) is 0. The van der Waals surface area contributed by atoms with Crippen LogP contribution in [0.5, 0.6) is 0 Å². The summed E-state index contributed by atoms with van der Waals surface area (Å²) >= 11 is 2.03. The van der Waals surface area contributed by atoms with Crippen LogP contribution in [-0.4, -0.2) is 5.75 Å². The van der Waals surface area contributed by atoms with Gasteiger partial charge in [-0.3, -0.25) is 0 Å². The van der Waals surface area contributed by atoms with Crippen LogP contribution in [-0.2, 0) is 6.42 Å². The molecular formula is C11H14S. The molecule has 1 heteroatoms. The van der Waals surface area contributed by atoms with Crippen LogP contribution in [0.2, 0.25) is 0 Å². The van der Waals surface area contributed by atoms with E-state index in [-0.39, 0.29) is 0 Å². The van der Waals surface area contributed by atoms with E-state index in [0.29, 0.717) is 0 Å². The Hall–Kier alpha value is -0.430. The van der Waals surface area contributed by atoms with E-state index < -0.39 is 0 Å². The van der Waals surface area contributed by atoms with Crippen LogP contribution in [0.4, 0.5) is 0 Å². The summed E-state index contributed by atoms with van der Waals surface area (Å²) in [5, 5.41) is 0. The van der Waals surface area contributed by atoms with Crippen molar-refractivity contribution in [2.24, 2.45) is 0 Å². The van der Waals surface area contributed by atoms with E-state index in [2.05, 4.69) is 26.0 Å². The molecule has 1 aromatic carbocycles. The van der Waals surface area contributed by atoms with Gasteiger partial charge in [0.05, 0.1) is 0 Å². The van der Waals surface area contributed by atoms with Crippen LogP contribution in [0.1, 0.15) is 23.1 Å². The first-order valence-corrected chi connectivity index (χ1v) is 5.49. The fourth-order valence-electron chi connectivity index (χ4n) is 1.78.